The van der Waals surface area contributed by atoms with Gasteiger partial charge in [-0.1, -0.05) is 45.2 Å². The predicted molar refractivity (Wildman–Crippen MR) is 128 cm³/mol. The Kier molecular flexibility index (Phi) is 10.9. The fraction of sp³-hybridized carbons (Fsp3) is 0.560. The van der Waals surface area contributed by atoms with Gasteiger partial charge in [0.2, 0.25) is 5.91 Å². The highest BCUT2D eigenvalue weighted by Gasteiger charge is 2.36. The quantitative estimate of drug-likeness (QED) is 0.334. The summed E-state index contributed by atoms with van der Waals surface area (Å²) >= 11 is 0. The fourth-order valence-electron chi connectivity index (χ4n) is 3.73. The SMILES string of the molecule is CCCCCC(=O)Nc1cccc(C2NC(=O)N(CCCC)C(C)=C2C(=O)OCCOC)c1. The Hall–Kier alpha value is -2.87. The largest absolute Gasteiger partial charge is 0.460 e. The highest BCUT2D eigenvalue weighted by molar-refractivity contribution is 5.95. The minimum atomic E-state index is -0.678. The first-order valence-electron chi connectivity index (χ1n) is 11.8. The number of methoxy groups -OCH3 is 1. The Morgan fingerprint density at radius 3 is 2.58 bits per heavy atom. The number of hydrogen-bond acceptors (Lipinski definition) is 5. The summed E-state index contributed by atoms with van der Waals surface area (Å²) in [4.78, 5) is 39.7. The van der Waals surface area contributed by atoms with Gasteiger partial charge in [0.1, 0.15) is 6.61 Å². The normalized spacial score (nSPS) is 15.9. The van der Waals surface area contributed by atoms with E-state index in [-0.39, 0.29) is 25.2 Å². The summed E-state index contributed by atoms with van der Waals surface area (Å²) in [5, 5.41) is 5.86. The molecule has 8 heteroatoms. The second kappa shape index (κ2) is 13.6. The summed E-state index contributed by atoms with van der Waals surface area (Å²) in [6.45, 7) is 6.84. The van der Waals surface area contributed by atoms with E-state index < -0.39 is 12.0 Å². The zero-order chi connectivity index (χ0) is 24.2. The number of esters is 1. The average Bonchev–Trinajstić information content (AvgIpc) is 2.79. The van der Waals surface area contributed by atoms with E-state index in [9.17, 15) is 14.4 Å². The summed E-state index contributed by atoms with van der Waals surface area (Å²) < 4.78 is 10.4. The Morgan fingerprint density at radius 1 is 1.12 bits per heavy atom. The monoisotopic (exact) mass is 459 g/mol. The highest BCUT2D eigenvalue weighted by Crippen LogP contribution is 2.32. The number of nitrogens with zero attached hydrogens (tertiary/aromatic N) is 1. The molecule has 0 bridgehead atoms. The highest BCUT2D eigenvalue weighted by atomic mass is 16.6. The predicted octanol–water partition coefficient (Wildman–Crippen LogP) is 4.54. The number of carbonyl (C=O) groups excluding carboxylic acids is 3. The van der Waals surface area contributed by atoms with Crippen molar-refractivity contribution in [2.75, 3.05) is 32.2 Å². The molecule has 1 aliphatic heterocycles. The molecule has 0 spiro atoms. The maximum absolute atomic E-state index is 13.0. The molecule has 2 rings (SSSR count). The zero-order valence-corrected chi connectivity index (χ0v) is 20.2. The van der Waals surface area contributed by atoms with Crippen molar-refractivity contribution in [3.05, 3.63) is 41.1 Å². The van der Waals surface area contributed by atoms with Gasteiger partial charge in [0, 0.05) is 31.5 Å². The second-order valence-electron chi connectivity index (χ2n) is 8.15. The number of unbranched alkanes of at least 4 members (excludes halogenated alkanes) is 3. The number of urea groups is 1. The molecule has 0 aromatic heterocycles. The van der Waals surface area contributed by atoms with Gasteiger partial charge in [0.05, 0.1) is 18.2 Å². The van der Waals surface area contributed by atoms with E-state index in [1.807, 2.05) is 13.0 Å². The van der Waals surface area contributed by atoms with E-state index in [4.69, 9.17) is 9.47 Å². The number of benzene rings is 1. The molecule has 8 nitrogen and oxygen atoms in total. The van der Waals surface area contributed by atoms with Crippen LogP contribution in [0.25, 0.3) is 0 Å². The van der Waals surface area contributed by atoms with Crippen LogP contribution in [0.4, 0.5) is 10.5 Å². The molecule has 1 heterocycles. The molecular formula is C25H37N3O5. The Labute approximate surface area is 196 Å². The molecule has 2 N–H and O–H groups in total. The van der Waals surface area contributed by atoms with Crippen molar-refractivity contribution in [3.8, 4) is 0 Å². The van der Waals surface area contributed by atoms with Gasteiger partial charge in [-0.15, -0.1) is 0 Å². The number of allylic oxidation sites excluding steroid dienone is 1. The Morgan fingerprint density at radius 2 is 1.88 bits per heavy atom. The van der Waals surface area contributed by atoms with Crippen molar-refractivity contribution in [1.82, 2.24) is 10.2 Å². The summed E-state index contributed by atoms with van der Waals surface area (Å²) in [7, 11) is 1.54. The molecule has 0 fully saturated rings. The summed E-state index contributed by atoms with van der Waals surface area (Å²) in [5.74, 6) is -0.546. The Balaban J connectivity index is 2.31. The molecule has 33 heavy (non-hydrogen) atoms. The number of anilines is 1. The third kappa shape index (κ3) is 7.60. The van der Waals surface area contributed by atoms with Crippen molar-refractivity contribution in [2.24, 2.45) is 0 Å². The zero-order valence-electron chi connectivity index (χ0n) is 20.2. The van der Waals surface area contributed by atoms with Gasteiger partial charge in [0.25, 0.3) is 0 Å². The van der Waals surface area contributed by atoms with Crippen LogP contribution in [0.3, 0.4) is 0 Å². The first-order chi connectivity index (χ1) is 15.9. The van der Waals surface area contributed by atoms with Crippen LogP contribution in [-0.4, -0.2) is 49.7 Å². The van der Waals surface area contributed by atoms with Crippen LogP contribution in [0, 0.1) is 0 Å². The van der Waals surface area contributed by atoms with Crippen LogP contribution in [0.5, 0.6) is 0 Å². The van der Waals surface area contributed by atoms with E-state index in [2.05, 4.69) is 17.6 Å². The van der Waals surface area contributed by atoms with Gasteiger partial charge in [-0.2, -0.15) is 0 Å². The van der Waals surface area contributed by atoms with Crippen LogP contribution in [0.15, 0.2) is 35.5 Å². The van der Waals surface area contributed by atoms with E-state index in [0.717, 1.165) is 32.1 Å². The molecule has 1 aromatic carbocycles. The summed E-state index contributed by atoms with van der Waals surface area (Å²) in [6.07, 6.45) is 5.10. The second-order valence-corrected chi connectivity index (χ2v) is 8.15. The number of amides is 3. The molecular weight excluding hydrogens is 422 g/mol. The van der Waals surface area contributed by atoms with Gasteiger partial charge in [-0.3, -0.25) is 9.69 Å². The number of nitrogens with one attached hydrogen (secondary N) is 2. The molecule has 0 aliphatic carbocycles. The lowest BCUT2D eigenvalue weighted by Crippen LogP contribution is -2.48. The lowest BCUT2D eigenvalue weighted by Gasteiger charge is -2.35. The van der Waals surface area contributed by atoms with E-state index in [1.54, 1.807) is 30.0 Å². The van der Waals surface area contributed by atoms with Gasteiger partial charge < -0.3 is 20.1 Å². The number of rotatable bonds is 13. The maximum atomic E-state index is 13.0. The minimum absolute atomic E-state index is 0.0510. The first kappa shape index (κ1) is 26.4. The number of hydrogen-bond donors (Lipinski definition) is 2. The van der Waals surface area contributed by atoms with Gasteiger partial charge in [0.15, 0.2) is 0 Å². The molecule has 182 valence electrons. The third-order valence-corrected chi connectivity index (χ3v) is 5.58. The molecule has 1 aromatic rings. The molecule has 3 amide bonds. The maximum Gasteiger partial charge on any atom is 0.338 e. The van der Waals surface area contributed by atoms with Crippen LogP contribution in [0.2, 0.25) is 0 Å². The lowest BCUT2D eigenvalue weighted by atomic mass is 9.94. The van der Waals surface area contributed by atoms with Crippen molar-refractivity contribution in [1.29, 1.82) is 0 Å². The van der Waals surface area contributed by atoms with Crippen molar-refractivity contribution < 1.29 is 23.9 Å². The minimum Gasteiger partial charge on any atom is -0.460 e. The average molecular weight is 460 g/mol. The topological polar surface area (TPSA) is 97.0 Å². The third-order valence-electron chi connectivity index (χ3n) is 5.58. The molecule has 1 unspecified atom stereocenters. The van der Waals surface area contributed by atoms with Gasteiger partial charge >= 0.3 is 12.0 Å². The molecule has 0 saturated carbocycles. The van der Waals surface area contributed by atoms with Crippen molar-refractivity contribution >= 4 is 23.6 Å². The number of carbonyl (C=O) groups is 3. The van der Waals surface area contributed by atoms with Crippen molar-refractivity contribution in [3.63, 3.8) is 0 Å². The van der Waals surface area contributed by atoms with Gasteiger partial charge in [-0.05, 0) is 37.5 Å². The fourth-order valence-corrected chi connectivity index (χ4v) is 3.73. The van der Waals surface area contributed by atoms with Crippen molar-refractivity contribution in [2.45, 2.75) is 65.3 Å². The van der Waals surface area contributed by atoms with E-state index in [1.165, 1.54) is 7.11 Å². The molecule has 0 saturated heterocycles. The first-order valence-corrected chi connectivity index (χ1v) is 11.8. The standard InChI is InChI=1S/C25H37N3O5/c1-5-7-9-13-21(29)26-20-12-10-11-19(17-20)23-22(24(30)33-16-15-32-4)18(3)28(14-8-6-2)25(31)27-23/h10-12,17,23H,5-9,13-16H2,1-4H3,(H,26,29)(H,27,31). The van der Waals surface area contributed by atoms with E-state index >= 15 is 0 Å². The molecule has 1 atom stereocenters. The molecule has 0 radical (unpaired) electrons. The van der Waals surface area contributed by atoms with Crippen LogP contribution in [-0.2, 0) is 19.1 Å². The molecule has 1 aliphatic rings. The van der Waals surface area contributed by atoms with Crippen LogP contribution >= 0.6 is 0 Å². The lowest BCUT2D eigenvalue weighted by molar-refractivity contribution is -0.141. The van der Waals surface area contributed by atoms with Gasteiger partial charge in [-0.25, -0.2) is 9.59 Å². The summed E-state index contributed by atoms with van der Waals surface area (Å²) in [6, 6.07) is 6.29. The van der Waals surface area contributed by atoms with E-state index in [0.29, 0.717) is 35.5 Å². The Bertz CT molecular complexity index is 852. The smallest absolute Gasteiger partial charge is 0.338 e. The van der Waals surface area contributed by atoms with Crippen LogP contribution < -0.4 is 10.6 Å². The number of ether oxygens (including phenoxy) is 2. The van der Waals surface area contributed by atoms with Crippen LogP contribution in [0.1, 0.15) is 70.9 Å². The summed E-state index contributed by atoms with van der Waals surface area (Å²) in [5.41, 5.74) is 2.28.